The molecule has 36 heavy (non-hydrogen) atoms. The molecule has 0 aromatic heterocycles. The van der Waals surface area contributed by atoms with Crippen LogP contribution in [0, 0.1) is 0 Å². The van der Waals surface area contributed by atoms with E-state index in [2.05, 4.69) is 10.6 Å². The highest BCUT2D eigenvalue weighted by Gasteiger charge is 2.40. The lowest BCUT2D eigenvalue weighted by atomic mass is 10.1. The Kier molecular flexibility index (Phi) is 7.40. The fourth-order valence-corrected chi connectivity index (χ4v) is 4.04. The molecule has 184 valence electrons. The molecule has 0 fully saturated rings. The highest BCUT2D eigenvalue weighted by Crippen LogP contribution is 2.37. The van der Waals surface area contributed by atoms with Gasteiger partial charge in [0, 0.05) is 17.3 Å². The number of nitrogens with one attached hydrogen (secondary N) is 2. The summed E-state index contributed by atoms with van der Waals surface area (Å²) in [6.45, 7) is 0. The summed E-state index contributed by atoms with van der Waals surface area (Å²) in [5, 5.41) is 5.56. The molecule has 0 saturated heterocycles. The van der Waals surface area contributed by atoms with Gasteiger partial charge < -0.3 is 20.1 Å². The summed E-state index contributed by atoms with van der Waals surface area (Å²) in [7, 11) is 3.01. The monoisotopic (exact) mass is 545 g/mol. The number of rotatable bonds is 7. The van der Waals surface area contributed by atoms with Crippen molar-refractivity contribution < 1.29 is 23.9 Å². The molecule has 8 nitrogen and oxygen atoms in total. The number of imide groups is 1. The van der Waals surface area contributed by atoms with Crippen molar-refractivity contribution in [2.45, 2.75) is 0 Å². The van der Waals surface area contributed by atoms with E-state index in [4.69, 9.17) is 44.3 Å². The van der Waals surface area contributed by atoms with Crippen molar-refractivity contribution in [3.05, 3.63) is 87.0 Å². The molecular formula is C25H18Cl3N3O5. The van der Waals surface area contributed by atoms with Gasteiger partial charge in [0.05, 0.1) is 35.6 Å². The largest absolute Gasteiger partial charge is 0.497 e. The first-order chi connectivity index (χ1) is 17.2. The summed E-state index contributed by atoms with van der Waals surface area (Å²) in [6, 6.07) is 15.9. The normalized spacial score (nSPS) is 13.2. The van der Waals surface area contributed by atoms with Gasteiger partial charge in [-0.2, -0.15) is 0 Å². The Labute approximate surface area is 221 Å². The molecule has 1 aliphatic heterocycles. The standard InChI is InChI=1S/C25H18Cl3N3O5/c1-35-15-10-11-19(36-2)17(12-15)30-23(32)13-6-8-14(9-7-13)29-22-21(28)24(33)31(25(22)34)18-5-3-4-16(26)20(18)27/h3-12,29H,1-2H3,(H,30,32). The van der Waals surface area contributed by atoms with Crippen LogP contribution < -0.4 is 25.0 Å². The number of nitrogens with zero attached hydrogens (tertiary/aromatic N) is 1. The lowest BCUT2D eigenvalue weighted by Crippen LogP contribution is -2.32. The minimum Gasteiger partial charge on any atom is -0.497 e. The van der Waals surface area contributed by atoms with Crippen LogP contribution in [-0.2, 0) is 9.59 Å². The van der Waals surface area contributed by atoms with Gasteiger partial charge in [-0.15, -0.1) is 0 Å². The van der Waals surface area contributed by atoms with Crippen molar-refractivity contribution in [1.29, 1.82) is 0 Å². The maximum absolute atomic E-state index is 13.0. The Morgan fingerprint density at radius 1 is 0.889 bits per heavy atom. The third-order valence-electron chi connectivity index (χ3n) is 5.27. The molecule has 0 aliphatic carbocycles. The van der Waals surface area contributed by atoms with E-state index in [1.165, 1.54) is 26.4 Å². The van der Waals surface area contributed by atoms with E-state index in [-0.39, 0.29) is 32.4 Å². The zero-order chi connectivity index (χ0) is 26.0. The molecule has 1 aliphatic rings. The second kappa shape index (κ2) is 10.5. The lowest BCUT2D eigenvalue weighted by molar-refractivity contribution is -0.120. The third-order valence-corrected chi connectivity index (χ3v) is 6.43. The quantitative estimate of drug-likeness (QED) is 0.369. The maximum Gasteiger partial charge on any atom is 0.283 e. The zero-order valence-corrected chi connectivity index (χ0v) is 21.2. The van der Waals surface area contributed by atoms with E-state index in [0.29, 0.717) is 28.4 Å². The fraction of sp³-hybridized carbons (Fsp3) is 0.0800. The smallest absolute Gasteiger partial charge is 0.283 e. The van der Waals surface area contributed by atoms with Gasteiger partial charge in [-0.3, -0.25) is 14.4 Å². The van der Waals surface area contributed by atoms with Crippen LogP contribution in [0.15, 0.2) is 71.4 Å². The summed E-state index contributed by atoms with van der Waals surface area (Å²) in [5.41, 5.74) is 1.20. The second-order valence-corrected chi connectivity index (χ2v) is 8.59. The van der Waals surface area contributed by atoms with Gasteiger partial charge in [-0.1, -0.05) is 40.9 Å². The van der Waals surface area contributed by atoms with Gasteiger partial charge in [-0.25, -0.2) is 4.90 Å². The number of anilines is 3. The Hall–Kier alpha value is -3.72. The molecule has 1 heterocycles. The summed E-state index contributed by atoms with van der Waals surface area (Å²) in [5.74, 6) is -0.797. The van der Waals surface area contributed by atoms with Gasteiger partial charge in [0.25, 0.3) is 17.7 Å². The Morgan fingerprint density at radius 2 is 1.61 bits per heavy atom. The molecule has 3 aromatic carbocycles. The van der Waals surface area contributed by atoms with E-state index < -0.39 is 11.8 Å². The van der Waals surface area contributed by atoms with Gasteiger partial charge in [-0.05, 0) is 48.5 Å². The van der Waals surface area contributed by atoms with Gasteiger partial charge in [0.15, 0.2) is 0 Å². The van der Waals surface area contributed by atoms with Crippen LogP contribution in [0.3, 0.4) is 0 Å². The fourth-order valence-electron chi connectivity index (χ4n) is 3.45. The van der Waals surface area contributed by atoms with Gasteiger partial charge in [0.2, 0.25) is 0 Å². The number of methoxy groups -OCH3 is 2. The maximum atomic E-state index is 13.0. The average Bonchev–Trinajstić information content (AvgIpc) is 3.09. The minimum absolute atomic E-state index is 0.0506. The van der Waals surface area contributed by atoms with Crippen LogP contribution in [0.2, 0.25) is 10.0 Å². The number of amides is 3. The Balaban J connectivity index is 1.51. The van der Waals surface area contributed by atoms with Crippen molar-refractivity contribution in [2.75, 3.05) is 29.8 Å². The molecule has 4 rings (SSSR count). The van der Waals surface area contributed by atoms with E-state index in [0.717, 1.165) is 4.90 Å². The van der Waals surface area contributed by atoms with E-state index in [9.17, 15) is 14.4 Å². The number of ether oxygens (including phenoxy) is 2. The molecule has 2 N–H and O–H groups in total. The topological polar surface area (TPSA) is 97.0 Å². The third kappa shape index (κ3) is 4.83. The number of halogens is 3. The molecule has 0 bridgehead atoms. The van der Waals surface area contributed by atoms with Crippen LogP contribution in [-0.4, -0.2) is 31.9 Å². The van der Waals surface area contributed by atoms with Crippen molar-refractivity contribution in [2.24, 2.45) is 0 Å². The van der Waals surface area contributed by atoms with Crippen LogP contribution in [0.1, 0.15) is 10.4 Å². The molecule has 0 atom stereocenters. The van der Waals surface area contributed by atoms with Gasteiger partial charge >= 0.3 is 0 Å². The number of carbonyl (C=O) groups excluding carboxylic acids is 3. The summed E-state index contributed by atoms with van der Waals surface area (Å²) in [6.07, 6.45) is 0. The summed E-state index contributed by atoms with van der Waals surface area (Å²) in [4.78, 5) is 39.3. The summed E-state index contributed by atoms with van der Waals surface area (Å²) >= 11 is 18.4. The molecule has 0 radical (unpaired) electrons. The number of hydrogen-bond donors (Lipinski definition) is 2. The molecular weight excluding hydrogens is 529 g/mol. The van der Waals surface area contributed by atoms with E-state index in [1.54, 1.807) is 48.5 Å². The van der Waals surface area contributed by atoms with Crippen LogP contribution >= 0.6 is 34.8 Å². The Bertz CT molecular complexity index is 1410. The first kappa shape index (κ1) is 25.4. The lowest BCUT2D eigenvalue weighted by Gasteiger charge is -2.17. The molecule has 11 heteroatoms. The molecule has 3 amide bonds. The van der Waals surface area contributed by atoms with Crippen molar-refractivity contribution in [3.8, 4) is 11.5 Å². The molecule has 0 spiro atoms. The second-order valence-electron chi connectivity index (χ2n) is 7.43. The SMILES string of the molecule is COc1ccc(OC)c(NC(=O)c2ccc(NC3=C(Cl)C(=O)N(c4cccc(Cl)c4Cl)C3=O)cc2)c1. The first-order valence-corrected chi connectivity index (χ1v) is 11.5. The zero-order valence-electron chi connectivity index (χ0n) is 18.9. The predicted octanol–water partition coefficient (Wildman–Crippen LogP) is 5.70. The van der Waals surface area contributed by atoms with Crippen LogP contribution in [0.5, 0.6) is 11.5 Å². The van der Waals surface area contributed by atoms with Crippen molar-refractivity contribution in [1.82, 2.24) is 0 Å². The van der Waals surface area contributed by atoms with E-state index >= 15 is 0 Å². The van der Waals surface area contributed by atoms with Crippen LogP contribution in [0.4, 0.5) is 17.1 Å². The average molecular weight is 547 g/mol. The molecule has 0 saturated carbocycles. The summed E-state index contributed by atoms with van der Waals surface area (Å²) < 4.78 is 10.5. The molecule has 0 unspecified atom stereocenters. The Morgan fingerprint density at radius 3 is 2.28 bits per heavy atom. The highest BCUT2D eigenvalue weighted by atomic mass is 35.5. The molecule has 3 aromatic rings. The van der Waals surface area contributed by atoms with Crippen LogP contribution in [0.25, 0.3) is 0 Å². The number of hydrogen-bond acceptors (Lipinski definition) is 6. The minimum atomic E-state index is -0.739. The highest BCUT2D eigenvalue weighted by molar-refractivity contribution is 6.54. The first-order valence-electron chi connectivity index (χ1n) is 10.4. The van der Waals surface area contributed by atoms with E-state index in [1.807, 2.05) is 0 Å². The van der Waals surface area contributed by atoms with Crippen molar-refractivity contribution >= 4 is 69.6 Å². The predicted molar refractivity (Wildman–Crippen MR) is 139 cm³/mol. The number of carbonyl (C=O) groups is 3. The van der Waals surface area contributed by atoms with Gasteiger partial charge in [0.1, 0.15) is 22.2 Å². The van der Waals surface area contributed by atoms with Crippen molar-refractivity contribution in [3.63, 3.8) is 0 Å². The number of benzene rings is 3.